The van der Waals surface area contributed by atoms with Crippen molar-refractivity contribution in [1.29, 1.82) is 0 Å². The highest BCUT2D eigenvalue weighted by molar-refractivity contribution is 5.91. The summed E-state index contributed by atoms with van der Waals surface area (Å²) in [6, 6.07) is 3.70. The third kappa shape index (κ3) is 5.43. The second-order valence-electron chi connectivity index (χ2n) is 4.59. The molecule has 116 valence electrons. The summed E-state index contributed by atoms with van der Waals surface area (Å²) in [4.78, 5) is 24.8. The lowest BCUT2D eigenvalue weighted by molar-refractivity contribution is -0.134. The average molecular weight is 295 g/mol. The first-order valence-electron chi connectivity index (χ1n) is 6.97. The maximum atomic E-state index is 11.7. The first-order chi connectivity index (χ1) is 9.97. The predicted octanol–water partition coefficient (Wildman–Crippen LogP) is 2.12. The fourth-order valence-electron chi connectivity index (χ4n) is 1.92. The highest BCUT2D eigenvalue weighted by Gasteiger charge is 2.13. The third-order valence-electron chi connectivity index (χ3n) is 3.18. The Balaban J connectivity index is 2.52. The van der Waals surface area contributed by atoms with Gasteiger partial charge in [0.1, 0.15) is 17.1 Å². The van der Waals surface area contributed by atoms with E-state index in [-0.39, 0.29) is 23.5 Å². The maximum absolute atomic E-state index is 11.7. The zero-order valence-corrected chi connectivity index (χ0v) is 12.3. The number of carbonyl (C=O) groups excluding carboxylic acids is 1. The van der Waals surface area contributed by atoms with Crippen LogP contribution < -0.4 is 4.74 Å². The van der Waals surface area contributed by atoms with E-state index in [1.165, 1.54) is 12.1 Å². The van der Waals surface area contributed by atoms with Crippen molar-refractivity contribution >= 4 is 11.9 Å². The van der Waals surface area contributed by atoms with Gasteiger partial charge in [0.25, 0.3) is 0 Å². The molecular weight excluding hydrogens is 274 g/mol. The SMILES string of the molecule is CCN(CC)CCCC(=O)Oc1ccc(O)c(C(=O)O)c1. The first kappa shape index (κ1) is 17.0. The van der Waals surface area contributed by atoms with E-state index in [0.29, 0.717) is 6.42 Å². The molecule has 0 aliphatic rings. The van der Waals surface area contributed by atoms with Gasteiger partial charge in [0, 0.05) is 6.42 Å². The van der Waals surface area contributed by atoms with Crippen molar-refractivity contribution in [1.82, 2.24) is 4.90 Å². The van der Waals surface area contributed by atoms with Crippen LogP contribution in [0.1, 0.15) is 37.0 Å². The van der Waals surface area contributed by atoms with Crippen LogP contribution in [0.3, 0.4) is 0 Å². The van der Waals surface area contributed by atoms with E-state index in [2.05, 4.69) is 18.7 Å². The minimum absolute atomic E-state index is 0.123. The largest absolute Gasteiger partial charge is 0.507 e. The topological polar surface area (TPSA) is 87.1 Å². The second kappa shape index (κ2) is 8.26. The molecule has 0 saturated heterocycles. The number of rotatable bonds is 8. The van der Waals surface area contributed by atoms with E-state index in [0.717, 1.165) is 25.7 Å². The van der Waals surface area contributed by atoms with Crippen LogP contribution in [0.2, 0.25) is 0 Å². The van der Waals surface area contributed by atoms with E-state index < -0.39 is 11.9 Å². The number of hydrogen-bond acceptors (Lipinski definition) is 5. The van der Waals surface area contributed by atoms with Crippen LogP contribution >= 0.6 is 0 Å². The van der Waals surface area contributed by atoms with Crippen LogP contribution in [-0.2, 0) is 4.79 Å². The van der Waals surface area contributed by atoms with Gasteiger partial charge >= 0.3 is 11.9 Å². The van der Waals surface area contributed by atoms with Gasteiger partial charge in [0.2, 0.25) is 0 Å². The molecule has 0 aromatic heterocycles. The molecule has 1 aromatic carbocycles. The summed E-state index contributed by atoms with van der Waals surface area (Å²) >= 11 is 0. The van der Waals surface area contributed by atoms with Gasteiger partial charge in [-0.2, -0.15) is 0 Å². The lowest BCUT2D eigenvalue weighted by Gasteiger charge is -2.17. The molecule has 0 bridgehead atoms. The number of ether oxygens (including phenoxy) is 1. The van der Waals surface area contributed by atoms with Crippen LogP contribution in [0.25, 0.3) is 0 Å². The van der Waals surface area contributed by atoms with Crippen molar-refractivity contribution in [2.75, 3.05) is 19.6 Å². The van der Waals surface area contributed by atoms with Crippen LogP contribution in [0.15, 0.2) is 18.2 Å². The number of hydrogen-bond donors (Lipinski definition) is 2. The number of aromatic carboxylic acids is 1. The zero-order chi connectivity index (χ0) is 15.8. The molecule has 6 heteroatoms. The summed E-state index contributed by atoms with van der Waals surface area (Å²) in [6.07, 6.45) is 0.949. The summed E-state index contributed by atoms with van der Waals surface area (Å²) in [5, 5.41) is 18.2. The van der Waals surface area contributed by atoms with E-state index in [1.54, 1.807) is 0 Å². The molecule has 0 aliphatic heterocycles. The highest BCUT2D eigenvalue weighted by atomic mass is 16.5. The number of carboxylic acids is 1. The van der Waals surface area contributed by atoms with Crippen LogP contribution in [-0.4, -0.2) is 46.7 Å². The van der Waals surface area contributed by atoms with E-state index in [4.69, 9.17) is 9.84 Å². The zero-order valence-electron chi connectivity index (χ0n) is 12.3. The molecule has 6 nitrogen and oxygen atoms in total. The highest BCUT2D eigenvalue weighted by Crippen LogP contribution is 2.23. The Kier molecular flexibility index (Phi) is 6.68. The summed E-state index contributed by atoms with van der Waals surface area (Å²) in [7, 11) is 0. The minimum Gasteiger partial charge on any atom is -0.507 e. The van der Waals surface area contributed by atoms with Crippen molar-refractivity contribution < 1.29 is 24.5 Å². The Morgan fingerprint density at radius 1 is 1.24 bits per heavy atom. The molecular formula is C15H21NO5. The molecule has 0 heterocycles. The smallest absolute Gasteiger partial charge is 0.339 e. The normalized spacial score (nSPS) is 10.6. The molecule has 1 rings (SSSR count). The van der Waals surface area contributed by atoms with Crippen molar-refractivity contribution in [3.05, 3.63) is 23.8 Å². The van der Waals surface area contributed by atoms with E-state index in [1.807, 2.05) is 0 Å². The molecule has 0 spiro atoms. The Morgan fingerprint density at radius 3 is 2.48 bits per heavy atom. The lowest BCUT2D eigenvalue weighted by Crippen LogP contribution is -2.24. The second-order valence-corrected chi connectivity index (χ2v) is 4.59. The Hall–Kier alpha value is -2.08. The third-order valence-corrected chi connectivity index (χ3v) is 3.18. The quantitative estimate of drug-likeness (QED) is 0.564. The monoisotopic (exact) mass is 295 g/mol. The van der Waals surface area contributed by atoms with E-state index in [9.17, 15) is 14.7 Å². The van der Waals surface area contributed by atoms with Gasteiger partial charge in [0.05, 0.1) is 0 Å². The van der Waals surface area contributed by atoms with Gasteiger partial charge in [-0.3, -0.25) is 4.79 Å². The van der Waals surface area contributed by atoms with Gasteiger partial charge in [-0.15, -0.1) is 0 Å². The maximum Gasteiger partial charge on any atom is 0.339 e. The molecule has 0 saturated carbocycles. The van der Waals surface area contributed by atoms with Crippen molar-refractivity contribution in [2.45, 2.75) is 26.7 Å². The number of esters is 1. The fourth-order valence-corrected chi connectivity index (χ4v) is 1.92. The first-order valence-corrected chi connectivity index (χ1v) is 6.97. The molecule has 0 aliphatic carbocycles. The lowest BCUT2D eigenvalue weighted by atomic mass is 10.2. The molecule has 0 atom stereocenters. The van der Waals surface area contributed by atoms with Crippen LogP contribution in [0, 0.1) is 0 Å². The molecule has 2 N–H and O–H groups in total. The van der Waals surface area contributed by atoms with Gasteiger partial charge in [-0.25, -0.2) is 4.79 Å². The van der Waals surface area contributed by atoms with Crippen molar-refractivity contribution in [3.8, 4) is 11.5 Å². The van der Waals surface area contributed by atoms with Gasteiger partial charge in [-0.05, 0) is 44.3 Å². The fraction of sp³-hybridized carbons (Fsp3) is 0.467. The van der Waals surface area contributed by atoms with Gasteiger partial charge in [-0.1, -0.05) is 13.8 Å². The van der Waals surface area contributed by atoms with Crippen molar-refractivity contribution in [3.63, 3.8) is 0 Å². The number of phenols is 1. The Morgan fingerprint density at radius 2 is 1.90 bits per heavy atom. The molecule has 1 aromatic rings. The molecule has 0 unspecified atom stereocenters. The van der Waals surface area contributed by atoms with Crippen molar-refractivity contribution in [2.24, 2.45) is 0 Å². The minimum atomic E-state index is -1.27. The Bertz CT molecular complexity index is 497. The van der Waals surface area contributed by atoms with Gasteiger partial charge < -0.3 is 19.8 Å². The number of carbonyl (C=O) groups is 2. The molecule has 0 fully saturated rings. The number of aromatic hydroxyl groups is 1. The number of nitrogens with zero attached hydrogens (tertiary/aromatic N) is 1. The van der Waals surface area contributed by atoms with Crippen LogP contribution in [0.5, 0.6) is 11.5 Å². The van der Waals surface area contributed by atoms with Crippen LogP contribution in [0.4, 0.5) is 0 Å². The molecule has 0 radical (unpaired) electrons. The molecule has 21 heavy (non-hydrogen) atoms. The summed E-state index contributed by atoms with van der Waals surface area (Å²) < 4.78 is 5.08. The predicted molar refractivity (Wildman–Crippen MR) is 77.7 cm³/mol. The summed E-state index contributed by atoms with van der Waals surface area (Å²) in [5.74, 6) is -1.92. The van der Waals surface area contributed by atoms with Gasteiger partial charge in [0.15, 0.2) is 0 Å². The average Bonchev–Trinajstić information content (AvgIpc) is 2.45. The number of benzene rings is 1. The standard InChI is InChI=1S/C15H21NO5/c1-3-16(4-2)9-5-6-14(18)21-11-7-8-13(17)12(10-11)15(19)20/h7-8,10,17H,3-6,9H2,1-2H3,(H,19,20). The summed E-state index contributed by atoms with van der Waals surface area (Å²) in [6.45, 7) is 6.81. The Labute approximate surface area is 124 Å². The van der Waals surface area contributed by atoms with E-state index >= 15 is 0 Å². The number of carboxylic acid groups (broad SMARTS) is 1. The molecule has 0 amide bonds. The summed E-state index contributed by atoms with van der Waals surface area (Å²) in [5.41, 5.74) is -0.288.